The van der Waals surface area contributed by atoms with E-state index in [1.807, 2.05) is 0 Å². The molecule has 0 amide bonds. The number of Topliss-reactive ketones (excluding diaryl/α,β-unsaturated/α-hetero) is 2. The molecule has 0 saturated carbocycles. The molecule has 2 aromatic rings. The Hall–Kier alpha value is -2.82. The highest BCUT2D eigenvalue weighted by Crippen LogP contribution is 2.14. The summed E-state index contributed by atoms with van der Waals surface area (Å²) in [7, 11) is 0. The van der Waals surface area contributed by atoms with Crippen molar-refractivity contribution in [3.05, 3.63) is 71.5 Å². The van der Waals surface area contributed by atoms with Gasteiger partial charge in [0.15, 0.2) is 17.5 Å². The number of carboxylic acids is 1. The van der Waals surface area contributed by atoms with Crippen molar-refractivity contribution in [3.8, 4) is 0 Å². The minimum Gasteiger partial charge on any atom is -0.480 e. The molecule has 112 valence electrons. The first-order chi connectivity index (χ1) is 10.5. The van der Waals surface area contributed by atoms with Gasteiger partial charge in [0.2, 0.25) is 0 Å². The van der Waals surface area contributed by atoms with Crippen LogP contribution in [0.3, 0.4) is 0 Å². The van der Waals surface area contributed by atoms with Crippen molar-refractivity contribution in [1.82, 2.24) is 0 Å². The van der Waals surface area contributed by atoms with E-state index in [0.29, 0.717) is 5.56 Å². The van der Waals surface area contributed by atoms with Crippen molar-refractivity contribution >= 4 is 17.5 Å². The molecule has 5 heteroatoms. The highest BCUT2D eigenvalue weighted by Gasteiger charge is 2.34. The van der Waals surface area contributed by atoms with Gasteiger partial charge in [-0.05, 0) is 29.8 Å². The summed E-state index contributed by atoms with van der Waals surface area (Å²) in [5.74, 6) is -5.37. The van der Waals surface area contributed by atoms with Crippen LogP contribution in [-0.2, 0) is 16.0 Å². The number of carbonyl (C=O) groups is 3. The van der Waals surface area contributed by atoms with Crippen LogP contribution in [0.25, 0.3) is 0 Å². The summed E-state index contributed by atoms with van der Waals surface area (Å²) in [6, 6.07) is 13.0. The third-order valence-electron chi connectivity index (χ3n) is 3.18. The van der Waals surface area contributed by atoms with Gasteiger partial charge in [0.05, 0.1) is 0 Å². The summed E-state index contributed by atoms with van der Waals surface area (Å²) in [6.45, 7) is 0. The van der Waals surface area contributed by atoms with E-state index >= 15 is 0 Å². The molecular weight excluding hydrogens is 287 g/mol. The zero-order valence-electron chi connectivity index (χ0n) is 11.5. The topological polar surface area (TPSA) is 71.4 Å². The van der Waals surface area contributed by atoms with Crippen LogP contribution in [0.1, 0.15) is 15.9 Å². The quantitative estimate of drug-likeness (QED) is 0.657. The highest BCUT2D eigenvalue weighted by atomic mass is 19.1. The molecule has 2 rings (SSSR count). The summed E-state index contributed by atoms with van der Waals surface area (Å²) in [5.41, 5.74) is 0.626. The Morgan fingerprint density at radius 2 is 1.55 bits per heavy atom. The zero-order chi connectivity index (χ0) is 16.1. The summed E-state index contributed by atoms with van der Waals surface area (Å²) < 4.78 is 12.9. The minimum atomic E-state index is -1.79. The lowest BCUT2D eigenvalue weighted by Gasteiger charge is -2.10. The third-order valence-corrected chi connectivity index (χ3v) is 3.18. The van der Waals surface area contributed by atoms with Crippen LogP contribution >= 0.6 is 0 Å². The van der Waals surface area contributed by atoms with Crippen LogP contribution in [0.5, 0.6) is 0 Å². The maximum absolute atomic E-state index is 12.9. The number of benzene rings is 2. The van der Waals surface area contributed by atoms with Crippen LogP contribution in [0, 0.1) is 11.7 Å². The van der Waals surface area contributed by atoms with Crippen molar-refractivity contribution in [2.75, 3.05) is 0 Å². The van der Waals surface area contributed by atoms with E-state index in [2.05, 4.69) is 0 Å². The van der Waals surface area contributed by atoms with Crippen molar-refractivity contribution in [1.29, 1.82) is 0 Å². The van der Waals surface area contributed by atoms with Gasteiger partial charge in [-0.1, -0.05) is 30.3 Å². The molecule has 0 aliphatic carbocycles. The average molecular weight is 300 g/mol. The van der Waals surface area contributed by atoms with Gasteiger partial charge in [-0.3, -0.25) is 14.4 Å². The highest BCUT2D eigenvalue weighted by molar-refractivity contribution is 6.22. The van der Waals surface area contributed by atoms with Gasteiger partial charge in [-0.15, -0.1) is 0 Å². The molecule has 0 aromatic heterocycles. The monoisotopic (exact) mass is 300 g/mol. The second-order valence-corrected chi connectivity index (χ2v) is 4.77. The first kappa shape index (κ1) is 15.6. The van der Waals surface area contributed by atoms with Crippen molar-refractivity contribution in [2.24, 2.45) is 5.92 Å². The number of carboxylic acid groups (broad SMARTS) is 1. The van der Waals surface area contributed by atoms with Crippen LogP contribution < -0.4 is 0 Å². The second kappa shape index (κ2) is 6.76. The molecule has 1 unspecified atom stereocenters. The van der Waals surface area contributed by atoms with Gasteiger partial charge >= 0.3 is 5.97 Å². The molecule has 1 N–H and O–H groups in total. The molecule has 0 saturated heterocycles. The van der Waals surface area contributed by atoms with E-state index in [1.54, 1.807) is 30.3 Å². The van der Waals surface area contributed by atoms with E-state index in [9.17, 15) is 23.9 Å². The maximum atomic E-state index is 12.9. The third kappa shape index (κ3) is 3.63. The molecule has 0 radical (unpaired) electrons. The van der Waals surface area contributed by atoms with E-state index in [1.165, 1.54) is 12.1 Å². The Labute approximate surface area is 126 Å². The molecule has 0 heterocycles. The molecular formula is C17H13FO4. The van der Waals surface area contributed by atoms with Gasteiger partial charge in [0.1, 0.15) is 5.82 Å². The van der Waals surface area contributed by atoms with Crippen LogP contribution in [0.2, 0.25) is 0 Å². The Kier molecular flexibility index (Phi) is 4.78. The maximum Gasteiger partial charge on any atom is 0.322 e. The number of rotatable bonds is 6. The molecule has 4 nitrogen and oxygen atoms in total. The molecule has 1 atom stereocenters. The number of aliphatic carboxylic acids is 1. The molecule has 0 fully saturated rings. The largest absolute Gasteiger partial charge is 0.480 e. The Morgan fingerprint density at radius 1 is 0.955 bits per heavy atom. The fraction of sp³-hybridized carbons (Fsp3) is 0.118. The molecule has 0 aliphatic heterocycles. The van der Waals surface area contributed by atoms with Gasteiger partial charge < -0.3 is 5.11 Å². The summed E-state index contributed by atoms with van der Waals surface area (Å²) in [6.07, 6.45) is -0.148. The van der Waals surface area contributed by atoms with Crippen molar-refractivity contribution in [2.45, 2.75) is 6.42 Å². The fourth-order valence-electron chi connectivity index (χ4n) is 2.08. The van der Waals surface area contributed by atoms with E-state index in [4.69, 9.17) is 0 Å². The normalized spacial score (nSPS) is 11.7. The average Bonchev–Trinajstić information content (AvgIpc) is 2.48. The smallest absolute Gasteiger partial charge is 0.322 e. The van der Waals surface area contributed by atoms with Crippen LogP contribution in [0.4, 0.5) is 4.39 Å². The molecule has 2 aromatic carbocycles. The number of hydrogen-bond acceptors (Lipinski definition) is 3. The van der Waals surface area contributed by atoms with E-state index in [0.717, 1.165) is 12.1 Å². The molecule has 0 aliphatic rings. The Balaban J connectivity index is 2.22. The zero-order valence-corrected chi connectivity index (χ0v) is 11.5. The lowest BCUT2D eigenvalue weighted by molar-refractivity contribution is -0.143. The summed E-state index contributed by atoms with van der Waals surface area (Å²) >= 11 is 0. The van der Waals surface area contributed by atoms with Crippen molar-refractivity contribution < 1.29 is 23.9 Å². The van der Waals surface area contributed by atoms with Gasteiger partial charge in [-0.25, -0.2) is 4.39 Å². The number of ketones is 2. The lowest BCUT2D eigenvalue weighted by Crippen LogP contribution is -2.33. The van der Waals surface area contributed by atoms with Gasteiger partial charge in [0.25, 0.3) is 0 Å². The van der Waals surface area contributed by atoms with Crippen LogP contribution in [-0.4, -0.2) is 22.6 Å². The Bertz CT molecular complexity index is 692. The summed E-state index contributed by atoms with van der Waals surface area (Å²) in [4.78, 5) is 35.7. The SMILES string of the molecule is O=C(O)C(C(=O)Cc1ccccc1)C(=O)c1ccc(F)cc1. The van der Waals surface area contributed by atoms with E-state index in [-0.39, 0.29) is 12.0 Å². The summed E-state index contributed by atoms with van der Waals surface area (Å²) in [5, 5.41) is 9.19. The van der Waals surface area contributed by atoms with Gasteiger partial charge in [-0.2, -0.15) is 0 Å². The lowest BCUT2D eigenvalue weighted by atomic mass is 9.90. The second-order valence-electron chi connectivity index (χ2n) is 4.77. The predicted molar refractivity (Wildman–Crippen MR) is 77.0 cm³/mol. The predicted octanol–water partition coefficient (Wildman–Crippen LogP) is 2.52. The molecule has 0 spiro atoms. The first-order valence-electron chi connectivity index (χ1n) is 6.58. The van der Waals surface area contributed by atoms with Gasteiger partial charge in [0, 0.05) is 12.0 Å². The number of halogens is 1. The fourth-order valence-corrected chi connectivity index (χ4v) is 2.08. The Morgan fingerprint density at radius 3 is 2.09 bits per heavy atom. The molecule has 22 heavy (non-hydrogen) atoms. The first-order valence-corrected chi connectivity index (χ1v) is 6.58. The minimum absolute atomic E-state index is 0.00443. The van der Waals surface area contributed by atoms with E-state index < -0.39 is 29.3 Å². The number of carbonyl (C=O) groups excluding carboxylic acids is 2. The van der Waals surface area contributed by atoms with Crippen LogP contribution in [0.15, 0.2) is 54.6 Å². The molecule has 0 bridgehead atoms. The standard InChI is InChI=1S/C17H13FO4/c18-13-8-6-12(7-9-13)16(20)15(17(21)22)14(19)10-11-4-2-1-3-5-11/h1-9,15H,10H2,(H,21,22). The van der Waals surface area contributed by atoms with Crippen molar-refractivity contribution in [3.63, 3.8) is 0 Å². The number of hydrogen-bond donors (Lipinski definition) is 1.